The van der Waals surface area contributed by atoms with Crippen LogP contribution in [0.5, 0.6) is 11.5 Å². The zero-order valence-electron chi connectivity index (χ0n) is 12.8. The van der Waals surface area contributed by atoms with Crippen LogP contribution in [-0.4, -0.2) is 36.6 Å². The quantitative estimate of drug-likeness (QED) is 0.796. The number of aryl methyl sites for hydroxylation is 1. The van der Waals surface area contributed by atoms with E-state index >= 15 is 0 Å². The maximum atomic E-state index is 5.37. The van der Waals surface area contributed by atoms with Crippen molar-refractivity contribution in [1.82, 2.24) is 14.9 Å². The Morgan fingerprint density at radius 3 is 2.62 bits per heavy atom. The molecule has 1 aromatic carbocycles. The minimum Gasteiger partial charge on any atom is -0.493 e. The molecule has 6 heteroatoms. The number of thioether (sulfide) groups is 1. The third-order valence-electron chi connectivity index (χ3n) is 3.31. The summed E-state index contributed by atoms with van der Waals surface area (Å²) in [6.45, 7) is 0. The summed E-state index contributed by atoms with van der Waals surface area (Å²) in [5, 5.41) is 4.34. The molecular weight excluding hydrogens is 286 g/mol. The summed E-state index contributed by atoms with van der Waals surface area (Å²) in [5.41, 5.74) is 1.16. The monoisotopic (exact) mass is 307 g/mol. The maximum absolute atomic E-state index is 5.37. The van der Waals surface area contributed by atoms with E-state index in [4.69, 9.17) is 9.47 Å². The van der Waals surface area contributed by atoms with Crippen molar-refractivity contribution >= 4 is 11.8 Å². The zero-order chi connectivity index (χ0) is 15.2. The van der Waals surface area contributed by atoms with E-state index in [2.05, 4.69) is 16.4 Å². The molecule has 0 aliphatic rings. The average Bonchev–Trinajstić information content (AvgIpc) is 2.93. The predicted octanol–water partition coefficient (Wildman–Crippen LogP) is 2.49. The first-order valence-corrected chi connectivity index (χ1v) is 7.67. The molecule has 0 fully saturated rings. The molecule has 5 nitrogen and oxygen atoms in total. The second kappa shape index (κ2) is 7.38. The molecule has 0 saturated heterocycles. The number of rotatable bonds is 7. The molecule has 2 aromatic rings. The second-order valence-electron chi connectivity index (χ2n) is 4.59. The smallest absolute Gasteiger partial charge is 0.167 e. The lowest BCUT2D eigenvalue weighted by molar-refractivity contribution is 0.354. The summed E-state index contributed by atoms with van der Waals surface area (Å²) in [4.78, 5) is 4.33. The van der Waals surface area contributed by atoms with Crippen molar-refractivity contribution in [3.63, 3.8) is 0 Å². The van der Waals surface area contributed by atoms with E-state index in [1.54, 1.807) is 26.0 Å². The maximum Gasteiger partial charge on any atom is 0.167 e. The lowest BCUT2D eigenvalue weighted by Crippen LogP contribution is -2.19. The van der Waals surface area contributed by atoms with E-state index in [1.165, 1.54) is 0 Å². The van der Waals surface area contributed by atoms with Gasteiger partial charge in [0.1, 0.15) is 0 Å². The summed E-state index contributed by atoms with van der Waals surface area (Å²) < 4.78 is 12.7. The van der Waals surface area contributed by atoms with Crippen molar-refractivity contribution in [3.8, 4) is 11.5 Å². The Morgan fingerprint density at radius 2 is 2.05 bits per heavy atom. The van der Waals surface area contributed by atoms with Crippen LogP contribution in [-0.2, 0) is 7.05 Å². The average molecular weight is 307 g/mol. The summed E-state index contributed by atoms with van der Waals surface area (Å²) in [7, 11) is 7.25. The van der Waals surface area contributed by atoms with Gasteiger partial charge in [0, 0.05) is 31.2 Å². The van der Waals surface area contributed by atoms with Crippen molar-refractivity contribution in [2.45, 2.75) is 11.2 Å². The van der Waals surface area contributed by atoms with Crippen LogP contribution in [0.1, 0.15) is 11.6 Å². The van der Waals surface area contributed by atoms with Gasteiger partial charge in [0.15, 0.2) is 16.7 Å². The fourth-order valence-corrected chi connectivity index (χ4v) is 3.14. The van der Waals surface area contributed by atoms with Crippen LogP contribution in [0.25, 0.3) is 0 Å². The van der Waals surface area contributed by atoms with Gasteiger partial charge in [-0.25, -0.2) is 4.98 Å². The molecule has 0 spiro atoms. The van der Waals surface area contributed by atoms with Gasteiger partial charge in [0.25, 0.3) is 0 Å². The molecule has 0 aliphatic heterocycles. The van der Waals surface area contributed by atoms with Gasteiger partial charge in [-0.3, -0.25) is 0 Å². The number of aromatic nitrogens is 2. The highest BCUT2D eigenvalue weighted by Gasteiger charge is 2.14. The van der Waals surface area contributed by atoms with Crippen LogP contribution >= 0.6 is 11.8 Å². The first kappa shape index (κ1) is 15.7. The molecular formula is C15H21N3O2S. The second-order valence-corrected chi connectivity index (χ2v) is 5.57. The van der Waals surface area contributed by atoms with Gasteiger partial charge in [-0.1, -0.05) is 17.8 Å². The van der Waals surface area contributed by atoms with E-state index in [0.717, 1.165) is 28.0 Å². The highest BCUT2D eigenvalue weighted by atomic mass is 32.2. The van der Waals surface area contributed by atoms with Gasteiger partial charge in [-0.05, 0) is 24.7 Å². The molecule has 1 unspecified atom stereocenters. The van der Waals surface area contributed by atoms with E-state index in [-0.39, 0.29) is 6.04 Å². The Morgan fingerprint density at radius 1 is 1.29 bits per heavy atom. The molecule has 1 aromatic heterocycles. The molecule has 114 valence electrons. The van der Waals surface area contributed by atoms with Gasteiger partial charge in [-0.2, -0.15) is 0 Å². The third-order valence-corrected chi connectivity index (χ3v) is 4.47. The summed E-state index contributed by atoms with van der Waals surface area (Å²) >= 11 is 1.72. The van der Waals surface area contributed by atoms with Crippen LogP contribution in [0.3, 0.4) is 0 Å². The Hall–Kier alpha value is -1.66. The molecule has 0 bridgehead atoms. The predicted molar refractivity (Wildman–Crippen MR) is 85.3 cm³/mol. The van der Waals surface area contributed by atoms with Crippen molar-refractivity contribution in [1.29, 1.82) is 0 Å². The van der Waals surface area contributed by atoms with Gasteiger partial charge in [0.05, 0.1) is 14.2 Å². The molecule has 0 radical (unpaired) electrons. The lowest BCUT2D eigenvalue weighted by Gasteiger charge is -2.18. The van der Waals surface area contributed by atoms with Crippen molar-refractivity contribution in [2.24, 2.45) is 7.05 Å². The van der Waals surface area contributed by atoms with E-state index in [1.807, 2.05) is 43.2 Å². The minimum atomic E-state index is 0.214. The molecule has 21 heavy (non-hydrogen) atoms. The fraction of sp³-hybridized carbons (Fsp3) is 0.400. The molecule has 1 N–H and O–H groups in total. The number of imidazole rings is 1. The number of hydrogen-bond acceptors (Lipinski definition) is 5. The molecule has 2 rings (SSSR count). The number of ether oxygens (including phenoxy) is 2. The lowest BCUT2D eigenvalue weighted by atomic mass is 10.1. The van der Waals surface area contributed by atoms with Gasteiger partial charge >= 0.3 is 0 Å². The summed E-state index contributed by atoms with van der Waals surface area (Å²) in [5.74, 6) is 2.38. The van der Waals surface area contributed by atoms with E-state index in [9.17, 15) is 0 Å². The van der Waals surface area contributed by atoms with Crippen LogP contribution in [0.4, 0.5) is 0 Å². The fourth-order valence-electron chi connectivity index (χ4n) is 2.06. The molecule has 0 aliphatic carbocycles. The molecule has 1 heterocycles. The van der Waals surface area contributed by atoms with Crippen LogP contribution in [0.15, 0.2) is 35.7 Å². The van der Waals surface area contributed by atoms with Crippen molar-refractivity contribution < 1.29 is 9.47 Å². The Bertz CT molecular complexity index is 586. The number of methoxy groups -OCH3 is 2. The van der Waals surface area contributed by atoms with Crippen molar-refractivity contribution in [3.05, 3.63) is 36.2 Å². The van der Waals surface area contributed by atoms with Gasteiger partial charge in [-0.15, -0.1) is 0 Å². The standard InChI is InChI=1S/C15H21N3O2S/c1-16-12(10-21-15-17-7-8-18(15)2)11-5-6-13(19-3)14(9-11)20-4/h5-9,12,16H,10H2,1-4H3. The van der Waals surface area contributed by atoms with Crippen molar-refractivity contribution in [2.75, 3.05) is 27.0 Å². The van der Waals surface area contributed by atoms with Crippen LogP contribution in [0, 0.1) is 0 Å². The minimum absolute atomic E-state index is 0.214. The Labute approximate surface area is 129 Å². The van der Waals surface area contributed by atoms with Gasteiger partial charge in [0.2, 0.25) is 0 Å². The summed E-state index contributed by atoms with van der Waals surface area (Å²) in [6.07, 6.45) is 3.76. The number of nitrogens with zero attached hydrogens (tertiary/aromatic N) is 2. The highest BCUT2D eigenvalue weighted by Crippen LogP contribution is 2.31. The van der Waals surface area contributed by atoms with Gasteiger partial charge < -0.3 is 19.4 Å². The zero-order valence-corrected chi connectivity index (χ0v) is 13.6. The number of benzene rings is 1. The number of nitrogens with one attached hydrogen (secondary N) is 1. The van der Waals surface area contributed by atoms with Crippen LogP contribution in [0.2, 0.25) is 0 Å². The number of hydrogen-bond donors (Lipinski definition) is 1. The third kappa shape index (κ3) is 3.71. The molecule has 0 amide bonds. The first-order chi connectivity index (χ1) is 10.2. The Kier molecular flexibility index (Phi) is 5.52. The largest absolute Gasteiger partial charge is 0.493 e. The van der Waals surface area contributed by atoms with Crippen LogP contribution < -0.4 is 14.8 Å². The Balaban J connectivity index is 2.12. The van der Waals surface area contributed by atoms with E-state index < -0.39 is 0 Å². The highest BCUT2D eigenvalue weighted by molar-refractivity contribution is 7.99. The normalized spacial score (nSPS) is 12.2. The first-order valence-electron chi connectivity index (χ1n) is 6.69. The van der Waals surface area contributed by atoms with E-state index in [0.29, 0.717) is 0 Å². The topological polar surface area (TPSA) is 48.3 Å². The SMILES string of the molecule is CNC(CSc1nccn1C)c1ccc(OC)c(OC)c1. The summed E-state index contributed by atoms with van der Waals surface area (Å²) in [6, 6.07) is 6.22. The molecule has 0 saturated carbocycles. The molecule has 1 atom stereocenters.